The highest BCUT2D eigenvalue weighted by Gasteiger charge is 2.16. The Morgan fingerprint density at radius 3 is 2.32 bits per heavy atom. The Morgan fingerprint density at radius 1 is 1.11 bits per heavy atom. The molecule has 1 aromatic carbocycles. The average molecular weight is 318 g/mol. The molecule has 19 heavy (non-hydrogen) atoms. The summed E-state index contributed by atoms with van der Waals surface area (Å²) in [5, 5.41) is 9.75. The molecule has 0 bridgehead atoms. The second-order valence-corrected chi connectivity index (χ2v) is 4.85. The van der Waals surface area contributed by atoms with Gasteiger partial charge in [0.15, 0.2) is 5.69 Å². The van der Waals surface area contributed by atoms with Crippen molar-refractivity contribution in [1.82, 2.24) is 4.98 Å². The predicted molar refractivity (Wildman–Crippen MR) is 76.1 cm³/mol. The van der Waals surface area contributed by atoms with Gasteiger partial charge in [0, 0.05) is 11.1 Å². The normalized spacial score (nSPS) is 10.5. The van der Waals surface area contributed by atoms with Crippen molar-refractivity contribution in [1.29, 1.82) is 0 Å². The standard InChI is InChI=1S/C12H7Cl3N2O2/c13-6-2-3-7(14)10(15)9(6)5-1-4-8(12(18)19)17-11(5)16/h1-4H,(H2,16,17)(H,18,19). The van der Waals surface area contributed by atoms with Gasteiger partial charge >= 0.3 is 5.97 Å². The monoisotopic (exact) mass is 316 g/mol. The summed E-state index contributed by atoms with van der Waals surface area (Å²) in [4.78, 5) is 14.6. The van der Waals surface area contributed by atoms with E-state index in [2.05, 4.69) is 4.98 Å². The lowest BCUT2D eigenvalue weighted by atomic mass is 10.1. The van der Waals surface area contributed by atoms with Crippen molar-refractivity contribution < 1.29 is 9.90 Å². The van der Waals surface area contributed by atoms with Crippen LogP contribution in [0.2, 0.25) is 15.1 Å². The van der Waals surface area contributed by atoms with Gasteiger partial charge in [0.25, 0.3) is 0 Å². The molecule has 0 aliphatic rings. The molecule has 1 aromatic heterocycles. The van der Waals surface area contributed by atoms with Gasteiger partial charge in [-0.25, -0.2) is 9.78 Å². The van der Waals surface area contributed by atoms with Crippen LogP contribution in [-0.2, 0) is 0 Å². The van der Waals surface area contributed by atoms with Crippen molar-refractivity contribution >= 4 is 46.6 Å². The Hall–Kier alpha value is -1.49. The van der Waals surface area contributed by atoms with E-state index in [0.717, 1.165) is 0 Å². The summed E-state index contributed by atoms with van der Waals surface area (Å²) < 4.78 is 0. The topological polar surface area (TPSA) is 76.2 Å². The number of carboxylic acids is 1. The lowest BCUT2D eigenvalue weighted by Crippen LogP contribution is -2.04. The Balaban J connectivity index is 2.66. The zero-order chi connectivity index (χ0) is 14.2. The highest BCUT2D eigenvalue weighted by Crippen LogP contribution is 2.40. The van der Waals surface area contributed by atoms with Crippen molar-refractivity contribution in [2.24, 2.45) is 0 Å². The van der Waals surface area contributed by atoms with Crippen LogP contribution in [0.4, 0.5) is 5.82 Å². The van der Waals surface area contributed by atoms with E-state index in [-0.39, 0.29) is 16.5 Å². The Labute approximate surface area is 123 Å². The van der Waals surface area contributed by atoms with Crippen LogP contribution in [-0.4, -0.2) is 16.1 Å². The molecule has 0 spiro atoms. The zero-order valence-electron chi connectivity index (χ0n) is 9.32. The number of nitrogens with zero attached hydrogens (tertiary/aromatic N) is 1. The molecule has 3 N–H and O–H groups in total. The highest BCUT2D eigenvalue weighted by atomic mass is 35.5. The Morgan fingerprint density at radius 2 is 1.74 bits per heavy atom. The van der Waals surface area contributed by atoms with Crippen LogP contribution in [0.3, 0.4) is 0 Å². The van der Waals surface area contributed by atoms with E-state index in [1.165, 1.54) is 12.1 Å². The van der Waals surface area contributed by atoms with Crippen LogP contribution in [0.1, 0.15) is 10.5 Å². The first-order chi connectivity index (χ1) is 8.91. The van der Waals surface area contributed by atoms with E-state index in [0.29, 0.717) is 21.2 Å². The summed E-state index contributed by atoms with van der Waals surface area (Å²) in [5.41, 5.74) is 6.45. The van der Waals surface area contributed by atoms with Crippen LogP contribution in [0.5, 0.6) is 0 Å². The minimum atomic E-state index is -1.17. The van der Waals surface area contributed by atoms with E-state index in [9.17, 15) is 4.79 Å². The highest BCUT2D eigenvalue weighted by molar-refractivity contribution is 6.46. The SMILES string of the molecule is Nc1nc(C(=O)O)ccc1-c1c(Cl)ccc(Cl)c1Cl. The fraction of sp³-hybridized carbons (Fsp3) is 0. The van der Waals surface area contributed by atoms with E-state index >= 15 is 0 Å². The average Bonchev–Trinajstić information content (AvgIpc) is 2.36. The number of rotatable bonds is 2. The van der Waals surface area contributed by atoms with Gasteiger partial charge in [-0.3, -0.25) is 0 Å². The molecule has 98 valence electrons. The third-order valence-electron chi connectivity index (χ3n) is 2.46. The number of anilines is 1. The van der Waals surface area contributed by atoms with Crippen LogP contribution in [0.15, 0.2) is 24.3 Å². The maximum Gasteiger partial charge on any atom is 0.354 e. The van der Waals surface area contributed by atoms with Crippen molar-refractivity contribution in [3.63, 3.8) is 0 Å². The summed E-state index contributed by atoms with van der Waals surface area (Å²) >= 11 is 18.1. The summed E-state index contributed by atoms with van der Waals surface area (Å²) in [6.45, 7) is 0. The number of benzene rings is 1. The van der Waals surface area contributed by atoms with E-state index in [4.69, 9.17) is 45.6 Å². The number of hydrogen-bond acceptors (Lipinski definition) is 3. The van der Waals surface area contributed by atoms with Crippen molar-refractivity contribution in [2.45, 2.75) is 0 Å². The van der Waals surface area contributed by atoms with Crippen LogP contribution < -0.4 is 5.73 Å². The van der Waals surface area contributed by atoms with Crippen molar-refractivity contribution in [2.75, 3.05) is 5.73 Å². The smallest absolute Gasteiger partial charge is 0.354 e. The zero-order valence-corrected chi connectivity index (χ0v) is 11.6. The molecule has 0 saturated carbocycles. The molecule has 0 aliphatic heterocycles. The second-order valence-electron chi connectivity index (χ2n) is 3.65. The van der Waals surface area contributed by atoms with Gasteiger partial charge in [0.05, 0.1) is 15.1 Å². The maximum absolute atomic E-state index is 10.8. The number of carbonyl (C=O) groups is 1. The molecule has 4 nitrogen and oxygen atoms in total. The second kappa shape index (κ2) is 5.25. The molecule has 0 atom stereocenters. The molecule has 0 radical (unpaired) electrons. The number of halogens is 3. The molecule has 0 unspecified atom stereocenters. The molecule has 0 fully saturated rings. The minimum absolute atomic E-state index is 0.0194. The van der Waals surface area contributed by atoms with Crippen molar-refractivity contribution in [3.8, 4) is 11.1 Å². The molecule has 2 rings (SSSR count). The number of aromatic carboxylic acids is 1. The summed E-state index contributed by atoms with van der Waals surface area (Å²) in [6.07, 6.45) is 0. The molecule has 2 aromatic rings. The quantitative estimate of drug-likeness (QED) is 0.821. The lowest BCUT2D eigenvalue weighted by Gasteiger charge is -2.11. The first-order valence-electron chi connectivity index (χ1n) is 5.05. The van der Waals surface area contributed by atoms with Crippen LogP contribution in [0.25, 0.3) is 11.1 Å². The largest absolute Gasteiger partial charge is 0.477 e. The summed E-state index contributed by atoms with van der Waals surface area (Å²) in [6, 6.07) is 5.96. The Kier molecular flexibility index (Phi) is 3.85. The van der Waals surface area contributed by atoms with Gasteiger partial charge in [-0.1, -0.05) is 34.8 Å². The number of hydrogen-bond donors (Lipinski definition) is 2. The van der Waals surface area contributed by atoms with Gasteiger partial charge in [0.1, 0.15) is 5.82 Å². The molecule has 1 heterocycles. The molecular formula is C12H7Cl3N2O2. The molecular weight excluding hydrogens is 311 g/mol. The summed E-state index contributed by atoms with van der Waals surface area (Å²) in [5.74, 6) is -1.15. The van der Waals surface area contributed by atoms with Gasteiger partial charge in [-0.15, -0.1) is 0 Å². The van der Waals surface area contributed by atoms with Crippen LogP contribution in [0, 0.1) is 0 Å². The lowest BCUT2D eigenvalue weighted by molar-refractivity contribution is 0.0690. The van der Waals surface area contributed by atoms with Gasteiger partial charge in [-0.05, 0) is 24.3 Å². The number of nitrogen functional groups attached to an aromatic ring is 1. The third-order valence-corrected chi connectivity index (χ3v) is 3.58. The van der Waals surface area contributed by atoms with Crippen molar-refractivity contribution in [3.05, 3.63) is 45.0 Å². The number of nitrogens with two attached hydrogens (primary N) is 1. The first kappa shape index (κ1) is 13.9. The fourth-order valence-electron chi connectivity index (χ4n) is 1.58. The number of pyridine rings is 1. The Bertz CT molecular complexity index is 674. The van der Waals surface area contributed by atoms with E-state index in [1.807, 2.05) is 0 Å². The van der Waals surface area contributed by atoms with Gasteiger partial charge in [0.2, 0.25) is 0 Å². The molecule has 0 saturated heterocycles. The first-order valence-corrected chi connectivity index (χ1v) is 6.19. The van der Waals surface area contributed by atoms with Crippen LogP contribution >= 0.6 is 34.8 Å². The molecule has 7 heteroatoms. The minimum Gasteiger partial charge on any atom is -0.477 e. The van der Waals surface area contributed by atoms with Gasteiger partial charge in [-0.2, -0.15) is 0 Å². The predicted octanol–water partition coefficient (Wildman–Crippen LogP) is 3.99. The van der Waals surface area contributed by atoms with Gasteiger partial charge < -0.3 is 10.8 Å². The number of aromatic nitrogens is 1. The third kappa shape index (κ3) is 2.61. The fourth-order valence-corrected chi connectivity index (χ4v) is 2.31. The summed E-state index contributed by atoms with van der Waals surface area (Å²) in [7, 11) is 0. The maximum atomic E-state index is 10.8. The molecule has 0 aliphatic carbocycles. The number of carboxylic acid groups (broad SMARTS) is 1. The molecule has 0 amide bonds. The van der Waals surface area contributed by atoms with E-state index in [1.54, 1.807) is 12.1 Å². The van der Waals surface area contributed by atoms with E-state index < -0.39 is 5.97 Å².